The highest BCUT2D eigenvalue weighted by Crippen LogP contribution is 2.30. The van der Waals surface area contributed by atoms with Crippen molar-refractivity contribution in [1.82, 2.24) is 4.98 Å². The summed E-state index contributed by atoms with van der Waals surface area (Å²) in [5, 5.41) is 4.50. The van der Waals surface area contributed by atoms with Gasteiger partial charge in [0.1, 0.15) is 0 Å². The summed E-state index contributed by atoms with van der Waals surface area (Å²) < 4.78 is 1.13. The molecular formula is C17H10ClNOS. The first kappa shape index (κ1) is 12.6. The van der Waals surface area contributed by atoms with Gasteiger partial charge in [0, 0.05) is 48.7 Å². The van der Waals surface area contributed by atoms with Gasteiger partial charge in [0.2, 0.25) is 0 Å². The van der Waals surface area contributed by atoms with Gasteiger partial charge in [-0.1, -0.05) is 35.9 Å². The van der Waals surface area contributed by atoms with E-state index in [-0.39, 0.29) is 5.78 Å². The second-order valence-electron chi connectivity index (χ2n) is 4.87. The van der Waals surface area contributed by atoms with Crippen LogP contribution in [0.5, 0.6) is 0 Å². The second-order valence-corrected chi connectivity index (χ2v) is 6.21. The predicted octanol–water partition coefficient (Wildman–Crippen LogP) is 5.27. The number of aromatic nitrogens is 1. The summed E-state index contributed by atoms with van der Waals surface area (Å²) in [5.41, 5.74) is 2.32. The predicted molar refractivity (Wildman–Crippen MR) is 88.6 cm³/mol. The summed E-state index contributed by atoms with van der Waals surface area (Å²) in [4.78, 5) is 16.0. The van der Waals surface area contributed by atoms with Crippen LogP contribution in [-0.2, 0) is 0 Å². The Balaban J connectivity index is 1.90. The van der Waals surface area contributed by atoms with Crippen molar-refractivity contribution in [2.24, 2.45) is 0 Å². The van der Waals surface area contributed by atoms with Crippen LogP contribution in [-0.4, -0.2) is 10.8 Å². The molecule has 102 valence electrons. The van der Waals surface area contributed by atoms with Gasteiger partial charge in [-0.25, -0.2) is 0 Å². The molecule has 0 fully saturated rings. The molecule has 2 nitrogen and oxygen atoms in total. The number of rotatable bonds is 2. The summed E-state index contributed by atoms with van der Waals surface area (Å²) in [7, 11) is 0. The van der Waals surface area contributed by atoms with Crippen LogP contribution in [0.4, 0.5) is 0 Å². The van der Waals surface area contributed by atoms with Crippen LogP contribution in [0.2, 0.25) is 5.02 Å². The largest absolute Gasteiger partial charge is 0.360 e. The fourth-order valence-electron chi connectivity index (χ4n) is 2.59. The molecule has 21 heavy (non-hydrogen) atoms. The van der Waals surface area contributed by atoms with Crippen molar-refractivity contribution in [2.45, 2.75) is 0 Å². The van der Waals surface area contributed by atoms with Crippen LogP contribution < -0.4 is 0 Å². The molecule has 2 aromatic carbocycles. The van der Waals surface area contributed by atoms with Crippen molar-refractivity contribution in [1.29, 1.82) is 0 Å². The average molecular weight is 312 g/mol. The number of nitrogens with one attached hydrogen (secondary N) is 1. The summed E-state index contributed by atoms with van der Waals surface area (Å²) in [5.74, 6) is 0.0426. The Morgan fingerprint density at radius 1 is 1.05 bits per heavy atom. The molecule has 0 aliphatic heterocycles. The maximum absolute atomic E-state index is 12.8. The minimum absolute atomic E-state index is 0.0426. The van der Waals surface area contributed by atoms with E-state index in [1.165, 1.54) is 0 Å². The van der Waals surface area contributed by atoms with Gasteiger partial charge in [-0.15, -0.1) is 11.3 Å². The number of H-pyrrole nitrogens is 1. The molecule has 1 N–H and O–H groups in total. The molecule has 2 aromatic heterocycles. The molecule has 0 radical (unpaired) electrons. The van der Waals surface area contributed by atoms with Gasteiger partial charge >= 0.3 is 0 Å². The number of hydrogen-bond donors (Lipinski definition) is 1. The lowest BCUT2D eigenvalue weighted by Crippen LogP contribution is -1.98. The van der Waals surface area contributed by atoms with Crippen LogP contribution in [0, 0.1) is 0 Å². The van der Waals surface area contributed by atoms with Crippen LogP contribution >= 0.6 is 22.9 Å². The zero-order valence-corrected chi connectivity index (χ0v) is 12.5. The van der Waals surface area contributed by atoms with E-state index in [0.717, 1.165) is 26.6 Å². The summed E-state index contributed by atoms with van der Waals surface area (Å²) >= 11 is 7.58. The zero-order chi connectivity index (χ0) is 14.4. The lowest BCUT2D eigenvalue weighted by atomic mass is 10.0. The Kier molecular flexibility index (Phi) is 2.84. The van der Waals surface area contributed by atoms with E-state index in [9.17, 15) is 4.79 Å². The van der Waals surface area contributed by atoms with Crippen molar-refractivity contribution in [3.63, 3.8) is 0 Å². The fourth-order valence-corrected chi connectivity index (χ4v) is 3.70. The molecular weight excluding hydrogens is 302 g/mol. The van der Waals surface area contributed by atoms with E-state index in [4.69, 9.17) is 11.6 Å². The Bertz CT molecular complexity index is 983. The van der Waals surface area contributed by atoms with E-state index in [2.05, 4.69) is 4.98 Å². The van der Waals surface area contributed by atoms with Gasteiger partial charge in [-0.05, 0) is 18.2 Å². The van der Waals surface area contributed by atoms with Crippen LogP contribution in [0.1, 0.15) is 15.9 Å². The smallest absolute Gasteiger partial charge is 0.196 e. The topological polar surface area (TPSA) is 32.9 Å². The third-order valence-electron chi connectivity index (χ3n) is 3.61. The Morgan fingerprint density at radius 3 is 2.81 bits per heavy atom. The number of ketones is 1. The number of fused-ring (bicyclic) bond motifs is 2. The van der Waals surface area contributed by atoms with Crippen molar-refractivity contribution >= 4 is 49.7 Å². The molecule has 0 atom stereocenters. The number of aromatic amines is 1. The molecule has 4 rings (SSSR count). The van der Waals surface area contributed by atoms with Crippen LogP contribution in [0.3, 0.4) is 0 Å². The van der Waals surface area contributed by atoms with Gasteiger partial charge < -0.3 is 4.98 Å². The van der Waals surface area contributed by atoms with E-state index >= 15 is 0 Å². The fraction of sp³-hybridized carbons (Fsp3) is 0. The molecule has 0 saturated heterocycles. The first-order chi connectivity index (χ1) is 10.2. The highest BCUT2D eigenvalue weighted by atomic mass is 35.5. The molecule has 0 bridgehead atoms. The summed E-state index contributed by atoms with van der Waals surface area (Å²) in [6.07, 6.45) is 1.76. The first-order valence-corrected chi connectivity index (χ1v) is 7.77. The third-order valence-corrected chi connectivity index (χ3v) is 4.81. The van der Waals surface area contributed by atoms with E-state index in [0.29, 0.717) is 10.6 Å². The molecule has 0 saturated carbocycles. The molecule has 0 aliphatic rings. The molecule has 0 unspecified atom stereocenters. The highest BCUT2D eigenvalue weighted by Gasteiger charge is 2.17. The Labute approximate surface area is 130 Å². The molecule has 4 aromatic rings. The summed E-state index contributed by atoms with van der Waals surface area (Å²) in [6.45, 7) is 0. The standard InChI is InChI=1S/C17H10ClNOS/c18-10-5-6-11-13(8-19-15(11)7-10)17(20)14-9-21-16-4-2-1-3-12(14)16/h1-9,19H. The van der Waals surface area contributed by atoms with E-state index < -0.39 is 0 Å². The third kappa shape index (κ3) is 1.97. The normalized spacial score (nSPS) is 11.3. The number of carbonyl (C=O) groups is 1. The van der Waals surface area contributed by atoms with Crippen molar-refractivity contribution < 1.29 is 4.79 Å². The summed E-state index contributed by atoms with van der Waals surface area (Å²) in [6, 6.07) is 13.5. The maximum atomic E-state index is 12.8. The number of thiophene rings is 1. The van der Waals surface area contributed by atoms with Gasteiger partial charge in [0.15, 0.2) is 5.78 Å². The van der Waals surface area contributed by atoms with Crippen LogP contribution in [0.25, 0.3) is 21.0 Å². The highest BCUT2D eigenvalue weighted by molar-refractivity contribution is 7.17. The average Bonchev–Trinajstić information content (AvgIpc) is 3.10. The lowest BCUT2D eigenvalue weighted by molar-refractivity contribution is 0.104. The Morgan fingerprint density at radius 2 is 1.90 bits per heavy atom. The van der Waals surface area contributed by atoms with Crippen LogP contribution in [0.15, 0.2) is 54.0 Å². The maximum Gasteiger partial charge on any atom is 0.196 e. The minimum atomic E-state index is 0.0426. The van der Waals surface area contributed by atoms with E-state index in [1.54, 1.807) is 23.6 Å². The molecule has 0 spiro atoms. The molecule has 0 aliphatic carbocycles. The number of carbonyl (C=O) groups excluding carboxylic acids is 1. The van der Waals surface area contributed by atoms with E-state index in [1.807, 2.05) is 41.8 Å². The second kappa shape index (κ2) is 4.72. The van der Waals surface area contributed by atoms with Crippen molar-refractivity contribution in [2.75, 3.05) is 0 Å². The van der Waals surface area contributed by atoms with Gasteiger partial charge in [-0.2, -0.15) is 0 Å². The lowest BCUT2D eigenvalue weighted by Gasteiger charge is -1.99. The number of hydrogen-bond acceptors (Lipinski definition) is 2. The molecule has 4 heteroatoms. The quantitative estimate of drug-likeness (QED) is 0.503. The SMILES string of the molecule is O=C(c1c[nH]c2cc(Cl)ccc12)c1csc2ccccc12. The monoisotopic (exact) mass is 311 g/mol. The zero-order valence-electron chi connectivity index (χ0n) is 10.9. The first-order valence-electron chi connectivity index (χ1n) is 6.51. The van der Waals surface area contributed by atoms with Crippen molar-refractivity contribution in [3.8, 4) is 0 Å². The van der Waals surface area contributed by atoms with Gasteiger partial charge in [0.25, 0.3) is 0 Å². The minimum Gasteiger partial charge on any atom is -0.360 e. The van der Waals surface area contributed by atoms with Gasteiger partial charge in [0.05, 0.1) is 0 Å². The number of benzene rings is 2. The molecule has 2 heterocycles. The molecule has 0 amide bonds. The Hall–Kier alpha value is -2.10. The number of halogens is 1. The van der Waals surface area contributed by atoms with Crippen molar-refractivity contribution in [3.05, 3.63) is 70.2 Å². The van der Waals surface area contributed by atoms with Gasteiger partial charge in [-0.3, -0.25) is 4.79 Å².